The van der Waals surface area contributed by atoms with Crippen LogP contribution in [0.4, 0.5) is 0 Å². The van der Waals surface area contributed by atoms with E-state index in [1.54, 1.807) is 59.6 Å². The van der Waals surface area contributed by atoms with Gasteiger partial charge >= 0.3 is 221 Å². The molecule has 0 saturated carbocycles. The van der Waals surface area contributed by atoms with Gasteiger partial charge in [0.15, 0.2) is 0 Å². The van der Waals surface area contributed by atoms with E-state index >= 15 is 0 Å². The van der Waals surface area contributed by atoms with Gasteiger partial charge in [-0.15, -0.1) is 0 Å². The van der Waals surface area contributed by atoms with Crippen molar-refractivity contribution in [2.75, 3.05) is 20.2 Å². The van der Waals surface area contributed by atoms with Crippen molar-refractivity contribution >= 4 is 54.2 Å². The Kier molecular flexibility index (Phi) is 8.35. The Labute approximate surface area is 220 Å². The van der Waals surface area contributed by atoms with Crippen molar-refractivity contribution in [3.05, 3.63) is 95.6 Å². The summed E-state index contributed by atoms with van der Waals surface area (Å²) < 4.78 is 34.2. The normalized spacial score (nSPS) is 12.3. The second-order valence-electron chi connectivity index (χ2n) is 8.01. The van der Waals surface area contributed by atoms with E-state index in [2.05, 4.69) is 4.98 Å². The van der Waals surface area contributed by atoms with E-state index in [0.717, 1.165) is 5.39 Å². The second kappa shape index (κ2) is 11.5. The van der Waals surface area contributed by atoms with Crippen molar-refractivity contribution in [3.8, 4) is 5.88 Å². The van der Waals surface area contributed by atoms with Crippen LogP contribution in [0.25, 0.3) is 10.8 Å². The number of benzene rings is 3. The van der Waals surface area contributed by atoms with E-state index in [9.17, 15) is 13.2 Å². The van der Waals surface area contributed by atoms with E-state index in [1.807, 2.05) is 37.3 Å². The number of aromatic nitrogens is 1. The Bertz CT molecular complexity index is 1470. The molecule has 0 bridgehead atoms. The topological polar surface area (TPSA) is 76.6 Å². The summed E-state index contributed by atoms with van der Waals surface area (Å²) in [6, 6.07) is 23.1. The number of rotatable bonds is 9. The number of amides is 1. The van der Waals surface area contributed by atoms with E-state index in [-0.39, 0.29) is 5.91 Å². The van der Waals surface area contributed by atoms with Gasteiger partial charge in [-0.25, -0.2) is 0 Å². The van der Waals surface area contributed by atoms with Gasteiger partial charge in [0, 0.05) is 0 Å². The Hall–Kier alpha value is -2.86. The summed E-state index contributed by atoms with van der Waals surface area (Å²) in [5.41, 5.74) is 0.478. The first-order valence-electron chi connectivity index (χ1n) is 11.4. The molecule has 0 fully saturated rings. The molecule has 0 saturated heterocycles. The van der Waals surface area contributed by atoms with Gasteiger partial charge in [0.1, 0.15) is 0 Å². The first-order valence-corrected chi connectivity index (χ1v) is 17.8. The Morgan fingerprint density at radius 1 is 1.03 bits per heavy atom. The quantitative estimate of drug-likeness (QED) is 0.266. The van der Waals surface area contributed by atoms with Crippen molar-refractivity contribution in [1.82, 2.24) is 9.88 Å². The first-order chi connectivity index (χ1) is 17.3. The predicted octanol–water partition coefficient (Wildman–Crippen LogP) is 4.73. The van der Waals surface area contributed by atoms with E-state index in [1.165, 1.54) is 7.11 Å². The summed E-state index contributed by atoms with van der Waals surface area (Å²) in [4.78, 5) is 19.4. The Morgan fingerprint density at radius 2 is 1.78 bits per heavy atom. The number of hydrogen-bond donors (Lipinski definition) is 0. The van der Waals surface area contributed by atoms with E-state index < -0.39 is 21.6 Å². The number of nitrogens with zero attached hydrogens (tertiary/aromatic N) is 2. The molecule has 1 amide bonds. The van der Waals surface area contributed by atoms with Crippen LogP contribution < -0.4 is 9.09 Å². The van der Waals surface area contributed by atoms with Crippen LogP contribution in [0.1, 0.15) is 17.3 Å². The zero-order valence-corrected chi connectivity index (χ0v) is 23.4. The number of carbonyl (C=O) groups is 1. The molecule has 0 aliphatic heterocycles. The fraction of sp³-hybridized carbons (Fsp3) is 0.185. The van der Waals surface area contributed by atoms with Gasteiger partial charge in [0.2, 0.25) is 0 Å². The summed E-state index contributed by atoms with van der Waals surface area (Å²) in [7, 11) is -2.18. The number of carbonyl (C=O) groups excluding carboxylic acids is 1. The van der Waals surface area contributed by atoms with Crippen LogP contribution in [0.2, 0.25) is 10.2 Å². The number of hydrogen-bond acceptors (Lipinski definition) is 5. The molecule has 0 aliphatic carbocycles. The SMILES string of the molecule is CCN(CC[As](c1ccc(OC)nc1)S(=O)(=O)c1cccc2ccccc12)C(=O)c1cccc(Cl)c1. The zero-order chi connectivity index (χ0) is 25.7. The van der Waals surface area contributed by atoms with Crippen molar-refractivity contribution in [2.24, 2.45) is 0 Å². The predicted molar refractivity (Wildman–Crippen MR) is 145 cm³/mol. The molecule has 1 aromatic heterocycles. The molecule has 1 unspecified atom stereocenters. The fourth-order valence-electron chi connectivity index (χ4n) is 3.99. The van der Waals surface area contributed by atoms with Gasteiger partial charge in [0.05, 0.1) is 0 Å². The van der Waals surface area contributed by atoms with Gasteiger partial charge in [-0.1, -0.05) is 0 Å². The van der Waals surface area contributed by atoms with E-state index in [0.29, 0.717) is 49.4 Å². The molecular weight excluding hydrogens is 559 g/mol. The van der Waals surface area contributed by atoms with Crippen molar-refractivity contribution < 1.29 is 17.9 Å². The van der Waals surface area contributed by atoms with Crippen LogP contribution in [0.15, 0.2) is 90.0 Å². The molecule has 4 aromatic rings. The summed E-state index contributed by atoms with van der Waals surface area (Å²) in [6.07, 6.45) is 1.59. The van der Waals surface area contributed by atoms with Gasteiger partial charge in [0.25, 0.3) is 0 Å². The molecule has 3 aromatic carbocycles. The summed E-state index contributed by atoms with van der Waals surface area (Å²) >= 11 is 3.24. The number of halogens is 1. The maximum absolute atomic E-state index is 14.2. The van der Waals surface area contributed by atoms with Gasteiger partial charge in [-0.05, 0) is 0 Å². The second-order valence-corrected chi connectivity index (χ2v) is 18.8. The number of ether oxygens (including phenoxy) is 1. The van der Waals surface area contributed by atoms with Crippen LogP contribution in [-0.2, 0) is 8.10 Å². The molecule has 6 nitrogen and oxygen atoms in total. The van der Waals surface area contributed by atoms with Crippen molar-refractivity contribution in [1.29, 1.82) is 0 Å². The zero-order valence-electron chi connectivity index (χ0n) is 20.0. The third-order valence-corrected chi connectivity index (χ3v) is 17.5. The van der Waals surface area contributed by atoms with E-state index in [4.69, 9.17) is 16.3 Å². The van der Waals surface area contributed by atoms with Crippen molar-refractivity contribution in [3.63, 3.8) is 0 Å². The van der Waals surface area contributed by atoms with Gasteiger partial charge < -0.3 is 0 Å². The van der Waals surface area contributed by atoms with Crippen LogP contribution >= 0.6 is 11.6 Å². The third-order valence-electron chi connectivity index (χ3n) is 5.85. The summed E-state index contributed by atoms with van der Waals surface area (Å²) in [5.74, 6) is 0.242. The number of methoxy groups -OCH3 is 1. The minimum absolute atomic E-state index is 0.177. The third kappa shape index (κ3) is 5.59. The molecule has 0 aliphatic rings. The summed E-state index contributed by atoms with van der Waals surface area (Å²) in [5, 5.41) is 2.38. The minimum atomic E-state index is -3.70. The van der Waals surface area contributed by atoms with Crippen molar-refractivity contribution in [2.45, 2.75) is 17.0 Å². The molecule has 0 N–H and O–H groups in total. The molecule has 1 heterocycles. The molecule has 0 radical (unpaired) electrons. The van der Waals surface area contributed by atoms with Gasteiger partial charge in [-0.2, -0.15) is 0 Å². The molecular formula is C27H26AsClN2O4S. The molecule has 0 spiro atoms. The Balaban J connectivity index is 1.71. The number of pyridine rings is 1. The Morgan fingerprint density at radius 3 is 2.47 bits per heavy atom. The van der Waals surface area contributed by atoms with Crippen LogP contribution in [-0.4, -0.2) is 57.9 Å². The molecule has 36 heavy (non-hydrogen) atoms. The summed E-state index contributed by atoms with van der Waals surface area (Å²) in [6.45, 7) is 2.63. The average Bonchev–Trinajstić information content (AvgIpc) is 2.90. The maximum atomic E-state index is 14.2. The molecule has 1 atom stereocenters. The molecule has 186 valence electrons. The fourth-order valence-corrected chi connectivity index (χ4v) is 14.7. The standard InChI is InChI=1S/C27H26AsClN2O4S/c1-3-31(27(32)21-10-6-11-23(29)18-21)17-16-28(22-14-15-26(35-2)30-19-22)36(33,34)25-13-7-9-20-8-4-5-12-24(20)25/h4-15,18-19H,3,16-17H2,1-2H3. The number of fused-ring (bicyclic) bond motifs is 1. The van der Waals surface area contributed by atoms with Crippen LogP contribution in [0.3, 0.4) is 0 Å². The average molecular weight is 585 g/mol. The monoisotopic (exact) mass is 584 g/mol. The van der Waals surface area contributed by atoms with Crippen LogP contribution in [0.5, 0.6) is 5.88 Å². The van der Waals surface area contributed by atoms with Gasteiger partial charge in [-0.3, -0.25) is 0 Å². The molecule has 9 heteroatoms. The molecule has 4 rings (SSSR count). The first kappa shape index (κ1) is 26.2. The van der Waals surface area contributed by atoms with Crippen LogP contribution in [0, 0.1) is 0 Å².